The number of nitrogens with zero attached hydrogens (tertiary/aromatic N) is 1. The molecular formula is C14H20N2O5. The van der Waals surface area contributed by atoms with Crippen molar-refractivity contribution in [2.75, 3.05) is 14.2 Å². The number of non-ortho nitro benzene ring substituents is 1. The fourth-order valence-corrected chi connectivity index (χ4v) is 1.95. The van der Waals surface area contributed by atoms with Crippen LogP contribution in [-0.4, -0.2) is 31.2 Å². The number of hydrogen-bond donors (Lipinski definition) is 1. The van der Waals surface area contributed by atoms with Gasteiger partial charge in [-0.15, -0.1) is 0 Å². The first-order valence-electron chi connectivity index (χ1n) is 6.53. The highest BCUT2D eigenvalue weighted by Crippen LogP contribution is 2.24. The van der Waals surface area contributed by atoms with Crippen LogP contribution in [0.25, 0.3) is 0 Å². The lowest BCUT2D eigenvalue weighted by atomic mass is 10.0. The molecule has 0 spiro atoms. The van der Waals surface area contributed by atoms with Crippen LogP contribution in [0.5, 0.6) is 5.75 Å². The summed E-state index contributed by atoms with van der Waals surface area (Å²) < 4.78 is 9.92. The molecule has 21 heavy (non-hydrogen) atoms. The monoisotopic (exact) mass is 296 g/mol. The molecule has 1 rings (SSSR count). The smallest absolute Gasteiger partial charge is 0.323 e. The van der Waals surface area contributed by atoms with Crippen molar-refractivity contribution >= 4 is 11.7 Å². The molecule has 7 nitrogen and oxygen atoms in total. The number of nitro groups is 1. The molecule has 0 aliphatic rings. The fraction of sp³-hybridized carbons (Fsp3) is 0.500. The van der Waals surface area contributed by atoms with Gasteiger partial charge in [0, 0.05) is 24.2 Å². The van der Waals surface area contributed by atoms with Crippen molar-refractivity contribution in [3.8, 4) is 5.75 Å². The fourth-order valence-electron chi connectivity index (χ4n) is 1.95. The third kappa shape index (κ3) is 4.42. The number of nitrogens with one attached hydrogen (secondary N) is 1. The van der Waals surface area contributed by atoms with E-state index < -0.39 is 11.0 Å². The zero-order valence-electron chi connectivity index (χ0n) is 12.6. The molecule has 0 saturated heterocycles. The van der Waals surface area contributed by atoms with Gasteiger partial charge in [-0.05, 0) is 12.0 Å². The maximum Gasteiger partial charge on any atom is 0.323 e. The highest BCUT2D eigenvalue weighted by molar-refractivity contribution is 5.75. The second kappa shape index (κ2) is 7.58. The largest absolute Gasteiger partial charge is 0.496 e. The zero-order chi connectivity index (χ0) is 16.0. The molecule has 0 aromatic heterocycles. The number of benzene rings is 1. The average Bonchev–Trinajstić information content (AvgIpc) is 2.46. The molecule has 1 aromatic rings. The molecule has 1 aromatic carbocycles. The Morgan fingerprint density at radius 3 is 2.52 bits per heavy atom. The number of nitro benzene ring substituents is 1. The molecule has 0 radical (unpaired) electrons. The Morgan fingerprint density at radius 2 is 2.05 bits per heavy atom. The Balaban J connectivity index is 2.92. The van der Waals surface area contributed by atoms with Gasteiger partial charge in [0.1, 0.15) is 11.8 Å². The summed E-state index contributed by atoms with van der Waals surface area (Å²) in [5.74, 6) is 0.192. The summed E-state index contributed by atoms with van der Waals surface area (Å²) in [5.41, 5.74) is 0.591. The molecule has 0 aliphatic carbocycles. The Labute approximate surface area is 123 Å². The minimum atomic E-state index is -0.487. The summed E-state index contributed by atoms with van der Waals surface area (Å²) in [7, 11) is 2.82. The van der Waals surface area contributed by atoms with E-state index in [0.717, 1.165) is 0 Å². The molecule has 1 N–H and O–H groups in total. The van der Waals surface area contributed by atoms with E-state index in [1.807, 2.05) is 13.8 Å². The standard InChI is InChI=1S/C14H20N2O5/c1-9(2)13(14(17)21-4)15-8-10-7-11(16(18)19)5-6-12(10)20-3/h5-7,9,13,15H,8H2,1-4H3. The van der Waals surface area contributed by atoms with Gasteiger partial charge in [0.2, 0.25) is 0 Å². The van der Waals surface area contributed by atoms with E-state index in [4.69, 9.17) is 9.47 Å². The number of esters is 1. The van der Waals surface area contributed by atoms with Crippen molar-refractivity contribution in [3.63, 3.8) is 0 Å². The Hall–Kier alpha value is -2.15. The predicted octanol–water partition coefficient (Wildman–Crippen LogP) is 1.89. The van der Waals surface area contributed by atoms with Crippen LogP contribution in [0.4, 0.5) is 5.69 Å². The summed E-state index contributed by atoms with van der Waals surface area (Å²) in [6.45, 7) is 4.04. The Kier molecular flexibility index (Phi) is 6.10. The highest BCUT2D eigenvalue weighted by atomic mass is 16.6. The molecule has 1 atom stereocenters. The van der Waals surface area contributed by atoms with Crippen LogP contribution in [-0.2, 0) is 16.1 Å². The van der Waals surface area contributed by atoms with Gasteiger partial charge in [0.15, 0.2) is 0 Å². The van der Waals surface area contributed by atoms with Crippen LogP contribution >= 0.6 is 0 Å². The number of methoxy groups -OCH3 is 2. The van der Waals surface area contributed by atoms with Crippen molar-refractivity contribution < 1.29 is 19.2 Å². The summed E-state index contributed by atoms with van der Waals surface area (Å²) in [5, 5.41) is 13.9. The van der Waals surface area contributed by atoms with Crippen LogP contribution in [0.1, 0.15) is 19.4 Å². The summed E-state index contributed by atoms with van der Waals surface area (Å²) in [4.78, 5) is 22.0. The average molecular weight is 296 g/mol. The molecule has 0 amide bonds. The zero-order valence-corrected chi connectivity index (χ0v) is 12.6. The molecule has 0 bridgehead atoms. The van der Waals surface area contributed by atoms with Crippen LogP contribution in [0.2, 0.25) is 0 Å². The van der Waals surface area contributed by atoms with Gasteiger partial charge in [0.05, 0.1) is 19.1 Å². The third-order valence-corrected chi connectivity index (χ3v) is 3.11. The van der Waals surface area contributed by atoms with Gasteiger partial charge in [-0.25, -0.2) is 0 Å². The maximum atomic E-state index is 11.7. The Bertz CT molecular complexity index is 516. The summed E-state index contributed by atoms with van der Waals surface area (Å²) in [6, 6.07) is 3.86. The molecule has 0 fully saturated rings. The SMILES string of the molecule is COC(=O)C(NCc1cc([N+](=O)[O-])ccc1OC)C(C)C. The van der Waals surface area contributed by atoms with Gasteiger partial charge in [-0.1, -0.05) is 13.8 Å². The molecule has 116 valence electrons. The van der Waals surface area contributed by atoms with Gasteiger partial charge in [0.25, 0.3) is 5.69 Å². The van der Waals surface area contributed by atoms with E-state index in [-0.39, 0.29) is 24.1 Å². The second-order valence-corrected chi connectivity index (χ2v) is 4.88. The molecule has 7 heteroatoms. The third-order valence-electron chi connectivity index (χ3n) is 3.11. The van der Waals surface area contributed by atoms with E-state index in [1.54, 1.807) is 0 Å². The number of hydrogen-bond acceptors (Lipinski definition) is 6. The van der Waals surface area contributed by atoms with E-state index in [9.17, 15) is 14.9 Å². The number of rotatable bonds is 7. The first-order chi connectivity index (χ1) is 9.90. The topological polar surface area (TPSA) is 90.7 Å². The molecule has 0 aliphatic heterocycles. The van der Waals surface area contributed by atoms with Gasteiger partial charge in [-0.2, -0.15) is 0 Å². The van der Waals surface area contributed by atoms with Crippen molar-refractivity contribution in [2.45, 2.75) is 26.4 Å². The van der Waals surface area contributed by atoms with E-state index in [1.165, 1.54) is 32.4 Å². The normalized spacial score (nSPS) is 12.0. The predicted molar refractivity (Wildman–Crippen MR) is 77.1 cm³/mol. The molecular weight excluding hydrogens is 276 g/mol. The Morgan fingerprint density at radius 1 is 1.38 bits per heavy atom. The lowest BCUT2D eigenvalue weighted by Crippen LogP contribution is -2.41. The minimum Gasteiger partial charge on any atom is -0.496 e. The highest BCUT2D eigenvalue weighted by Gasteiger charge is 2.23. The van der Waals surface area contributed by atoms with Gasteiger partial charge < -0.3 is 9.47 Å². The lowest BCUT2D eigenvalue weighted by molar-refractivity contribution is -0.384. The number of carbonyl (C=O) groups is 1. The molecule has 1 unspecified atom stereocenters. The van der Waals surface area contributed by atoms with E-state index in [2.05, 4.69) is 5.32 Å². The van der Waals surface area contributed by atoms with E-state index in [0.29, 0.717) is 11.3 Å². The first kappa shape index (κ1) is 16.9. The van der Waals surface area contributed by atoms with Crippen LogP contribution in [0.3, 0.4) is 0 Å². The van der Waals surface area contributed by atoms with Gasteiger partial charge in [-0.3, -0.25) is 20.2 Å². The first-order valence-corrected chi connectivity index (χ1v) is 6.53. The number of carbonyl (C=O) groups excluding carboxylic acids is 1. The van der Waals surface area contributed by atoms with Crippen molar-refractivity contribution in [3.05, 3.63) is 33.9 Å². The quantitative estimate of drug-likeness (QED) is 0.469. The molecule has 0 saturated carbocycles. The lowest BCUT2D eigenvalue weighted by Gasteiger charge is -2.20. The van der Waals surface area contributed by atoms with Crippen LogP contribution < -0.4 is 10.1 Å². The minimum absolute atomic E-state index is 0.0215. The summed E-state index contributed by atoms with van der Waals surface area (Å²) >= 11 is 0. The van der Waals surface area contributed by atoms with Crippen LogP contribution in [0, 0.1) is 16.0 Å². The van der Waals surface area contributed by atoms with E-state index >= 15 is 0 Å². The molecule has 0 heterocycles. The summed E-state index contributed by atoms with van der Waals surface area (Å²) in [6.07, 6.45) is 0. The second-order valence-electron chi connectivity index (χ2n) is 4.88. The van der Waals surface area contributed by atoms with Gasteiger partial charge >= 0.3 is 5.97 Å². The van der Waals surface area contributed by atoms with Crippen LogP contribution in [0.15, 0.2) is 18.2 Å². The van der Waals surface area contributed by atoms with Crippen molar-refractivity contribution in [2.24, 2.45) is 5.92 Å². The maximum absolute atomic E-state index is 11.7. The van der Waals surface area contributed by atoms with Crippen molar-refractivity contribution in [1.29, 1.82) is 0 Å². The number of ether oxygens (including phenoxy) is 2. The van der Waals surface area contributed by atoms with Crippen molar-refractivity contribution in [1.82, 2.24) is 5.32 Å².